The third-order valence-corrected chi connectivity index (χ3v) is 5.27. The standard InChI is InChI=1S/C19H17FN4O5S2/c1-11-6-15(24-29-11)22-17(26)9-30-10-18(27)28-7-16(25)23-19-21-14(8-31-19)12-2-4-13(20)5-3-12/h2-6,8H,7,9-10H2,1H3,(H,21,23,25)(H,22,24,26). The first-order valence-electron chi connectivity index (χ1n) is 8.87. The van der Waals surface area contributed by atoms with Crippen LogP contribution in [0.4, 0.5) is 15.3 Å². The Balaban J connectivity index is 1.34. The van der Waals surface area contributed by atoms with Gasteiger partial charge < -0.3 is 14.6 Å². The molecule has 2 aromatic heterocycles. The number of anilines is 2. The number of esters is 1. The summed E-state index contributed by atoms with van der Waals surface area (Å²) in [6, 6.07) is 7.39. The number of carbonyl (C=O) groups is 3. The molecular weight excluding hydrogens is 447 g/mol. The van der Waals surface area contributed by atoms with Crippen LogP contribution in [0.5, 0.6) is 0 Å². The lowest BCUT2D eigenvalue weighted by atomic mass is 10.2. The molecule has 0 saturated heterocycles. The number of thioether (sulfide) groups is 1. The zero-order chi connectivity index (χ0) is 22.2. The number of thiazole rings is 1. The van der Waals surface area contributed by atoms with Crippen molar-refractivity contribution in [3.63, 3.8) is 0 Å². The van der Waals surface area contributed by atoms with E-state index in [4.69, 9.17) is 9.26 Å². The molecule has 12 heteroatoms. The number of nitrogens with zero attached hydrogens (tertiary/aromatic N) is 2. The number of halogens is 1. The number of nitrogens with one attached hydrogen (secondary N) is 2. The molecule has 0 atom stereocenters. The molecule has 1 aromatic carbocycles. The highest BCUT2D eigenvalue weighted by molar-refractivity contribution is 8.00. The van der Waals surface area contributed by atoms with Crippen molar-refractivity contribution in [2.45, 2.75) is 6.92 Å². The Morgan fingerprint density at radius 1 is 1.16 bits per heavy atom. The highest BCUT2D eigenvalue weighted by atomic mass is 32.2. The fourth-order valence-electron chi connectivity index (χ4n) is 2.26. The van der Waals surface area contributed by atoms with E-state index in [0.29, 0.717) is 28.0 Å². The van der Waals surface area contributed by atoms with Crippen LogP contribution in [0.15, 0.2) is 40.2 Å². The summed E-state index contributed by atoms with van der Waals surface area (Å²) < 4.78 is 22.7. The fourth-order valence-corrected chi connectivity index (χ4v) is 3.60. The number of benzene rings is 1. The van der Waals surface area contributed by atoms with Gasteiger partial charge in [-0.3, -0.25) is 19.7 Å². The Hall–Kier alpha value is -3.25. The van der Waals surface area contributed by atoms with E-state index in [9.17, 15) is 18.8 Å². The van der Waals surface area contributed by atoms with Gasteiger partial charge in [0.05, 0.1) is 17.2 Å². The molecule has 0 fully saturated rings. The van der Waals surface area contributed by atoms with E-state index in [0.717, 1.165) is 11.8 Å². The third kappa shape index (κ3) is 7.19. The normalized spacial score (nSPS) is 10.5. The van der Waals surface area contributed by atoms with Crippen molar-refractivity contribution < 1.29 is 28.0 Å². The number of ether oxygens (including phenoxy) is 1. The molecular formula is C19H17FN4O5S2. The smallest absolute Gasteiger partial charge is 0.316 e. The van der Waals surface area contributed by atoms with Crippen LogP contribution in [0, 0.1) is 12.7 Å². The maximum Gasteiger partial charge on any atom is 0.316 e. The second-order valence-electron chi connectivity index (χ2n) is 6.12. The van der Waals surface area contributed by atoms with Crippen molar-refractivity contribution >= 4 is 51.8 Å². The van der Waals surface area contributed by atoms with Gasteiger partial charge in [0.15, 0.2) is 17.6 Å². The first-order valence-corrected chi connectivity index (χ1v) is 10.9. The summed E-state index contributed by atoms with van der Waals surface area (Å²) in [5, 5.41) is 10.7. The van der Waals surface area contributed by atoms with E-state index in [-0.39, 0.29) is 23.2 Å². The summed E-state index contributed by atoms with van der Waals surface area (Å²) in [6.45, 7) is 1.22. The molecule has 3 rings (SSSR count). The molecule has 2 amide bonds. The lowest BCUT2D eigenvalue weighted by Gasteiger charge is -2.05. The zero-order valence-electron chi connectivity index (χ0n) is 16.2. The first-order chi connectivity index (χ1) is 14.9. The Morgan fingerprint density at radius 2 is 1.94 bits per heavy atom. The van der Waals surface area contributed by atoms with Gasteiger partial charge in [0.25, 0.3) is 5.91 Å². The molecule has 9 nitrogen and oxygen atoms in total. The Labute approximate surface area is 184 Å². The van der Waals surface area contributed by atoms with Crippen molar-refractivity contribution in [2.75, 3.05) is 28.7 Å². The lowest BCUT2D eigenvalue weighted by molar-refractivity contribution is -0.144. The van der Waals surface area contributed by atoms with Gasteiger partial charge in [0.1, 0.15) is 11.6 Å². The van der Waals surface area contributed by atoms with E-state index < -0.39 is 18.5 Å². The quantitative estimate of drug-likeness (QED) is 0.463. The highest BCUT2D eigenvalue weighted by Crippen LogP contribution is 2.25. The van der Waals surface area contributed by atoms with Crippen molar-refractivity contribution in [1.29, 1.82) is 0 Å². The van der Waals surface area contributed by atoms with Crippen molar-refractivity contribution in [3.8, 4) is 11.3 Å². The van der Waals surface area contributed by atoms with Crippen LogP contribution in [0.25, 0.3) is 11.3 Å². The Kier molecular flexibility index (Phi) is 7.73. The summed E-state index contributed by atoms with van der Waals surface area (Å²) in [6.07, 6.45) is 0. The second kappa shape index (κ2) is 10.7. The molecule has 0 radical (unpaired) electrons. The molecule has 2 N–H and O–H groups in total. The zero-order valence-corrected chi connectivity index (χ0v) is 17.8. The molecule has 0 saturated carbocycles. The first kappa shape index (κ1) is 22.4. The predicted molar refractivity (Wildman–Crippen MR) is 114 cm³/mol. The summed E-state index contributed by atoms with van der Waals surface area (Å²) in [7, 11) is 0. The number of aromatic nitrogens is 2. The minimum atomic E-state index is -0.628. The molecule has 0 aliphatic rings. The van der Waals surface area contributed by atoms with Crippen molar-refractivity contribution in [3.05, 3.63) is 47.3 Å². The molecule has 2 heterocycles. The van der Waals surface area contributed by atoms with E-state index >= 15 is 0 Å². The minimum Gasteiger partial charge on any atom is -0.455 e. The number of hydrogen-bond donors (Lipinski definition) is 2. The molecule has 0 unspecified atom stereocenters. The van der Waals surface area contributed by atoms with Crippen LogP contribution in [-0.2, 0) is 19.1 Å². The van der Waals surface area contributed by atoms with Crippen molar-refractivity contribution in [2.24, 2.45) is 0 Å². The maximum atomic E-state index is 13.0. The van der Waals surface area contributed by atoms with Gasteiger partial charge in [0.2, 0.25) is 5.91 Å². The molecule has 0 aliphatic heterocycles. The summed E-state index contributed by atoms with van der Waals surface area (Å²) in [5.41, 5.74) is 1.30. The highest BCUT2D eigenvalue weighted by Gasteiger charge is 2.12. The van der Waals surface area contributed by atoms with E-state index in [2.05, 4.69) is 20.8 Å². The SMILES string of the molecule is Cc1cc(NC(=O)CSCC(=O)OCC(=O)Nc2nc(-c3ccc(F)cc3)cs2)no1. The van der Waals surface area contributed by atoms with Gasteiger partial charge in [-0.05, 0) is 31.2 Å². The monoisotopic (exact) mass is 464 g/mol. The minimum absolute atomic E-state index is 0.0124. The Bertz CT molecular complexity index is 1070. The summed E-state index contributed by atoms with van der Waals surface area (Å²) in [4.78, 5) is 39.7. The van der Waals surface area contributed by atoms with Gasteiger partial charge in [0, 0.05) is 17.0 Å². The van der Waals surface area contributed by atoms with Gasteiger partial charge >= 0.3 is 5.97 Å². The van der Waals surface area contributed by atoms with Crippen molar-refractivity contribution in [1.82, 2.24) is 10.1 Å². The average molecular weight is 465 g/mol. The average Bonchev–Trinajstić information content (AvgIpc) is 3.36. The van der Waals surface area contributed by atoms with Crippen LogP contribution < -0.4 is 10.6 Å². The topological polar surface area (TPSA) is 123 Å². The van der Waals surface area contributed by atoms with Crippen LogP contribution in [0.2, 0.25) is 0 Å². The maximum absolute atomic E-state index is 13.0. The molecule has 31 heavy (non-hydrogen) atoms. The number of hydrogen-bond acceptors (Lipinski definition) is 9. The van der Waals surface area contributed by atoms with E-state index in [1.807, 2.05) is 0 Å². The summed E-state index contributed by atoms with van der Waals surface area (Å²) in [5.74, 6) is -1.08. The number of amides is 2. The predicted octanol–water partition coefficient (Wildman–Crippen LogP) is 3.10. The second-order valence-corrected chi connectivity index (χ2v) is 7.96. The Morgan fingerprint density at radius 3 is 2.65 bits per heavy atom. The van der Waals surface area contributed by atoms with E-state index in [1.165, 1.54) is 23.5 Å². The third-order valence-electron chi connectivity index (χ3n) is 3.60. The number of carbonyl (C=O) groups excluding carboxylic acids is 3. The lowest BCUT2D eigenvalue weighted by Crippen LogP contribution is -2.22. The summed E-state index contributed by atoms with van der Waals surface area (Å²) >= 11 is 2.23. The van der Waals surface area contributed by atoms with E-state index in [1.54, 1.807) is 30.5 Å². The molecule has 0 bridgehead atoms. The number of rotatable bonds is 9. The van der Waals surface area contributed by atoms with Crippen LogP contribution >= 0.6 is 23.1 Å². The number of aryl methyl sites for hydroxylation is 1. The molecule has 3 aromatic rings. The molecule has 0 aliphatic carbocycles. The van der Waals surface area contributed by atoms with Crippen LogP contribution in [0.3, 0.4) is 0 Å². The molecule has 162 valence electrons. The van der Waals surface area contributed by atoms with Gasteiger partial charge in [-0.1, -0.05) is 5.16 Å². The van der Waals surface area contributed by atoms with Gasteiger partial charge in [-0.25, -0.2) is 9.37 Å². The van der Waals surface area contributed by atoms with Gasteiger partial charge in [-0.2, -0.15) is 0 Å². The molecule has 0 spiro atoms. The van der Waals surface area contributed by atoms with Crippen LogP contribution in [0.1, 0.15) is 5.76 Å². The fraction of sp³-hybridized carbons (Fsp3) is 0.211. The van der Waals surface area contributed by atoms with Crippen LogP contribution in [-0.4, -0.2) is 46.0 Å². The van der Waals surface area contributed by atoms with Gasteiger partial charge in [-0.15, -0.1) is 23.1 Å². The largest absolute Gasteiger partial charge is 0.455 e.